The van der Waals surface area contributed by atoms with Crippen LogP contribution in [0.2, 0.25) is 0 Å². The van der Waals surface area contributed by atoms with Crippen LogP contribution in [0.5, 0.6) is 0 Å². The quantitative estimate of drug-likeness (QED) is 0.711. The van der Waals surface area contributed by atoms with Crippen molar-refractivity contribution < 1.29 is 0 Å². The van der Waals surface area contributed by atoms with E-state index in [1.807, 2.05) is 6.20 Å². The maximum atomic E-state index is 4.58. The highest BCUT2D eigenvalue weighted by atomic mass is 15.0. The van der Waals surface area contributed by atoms with Crippen LogP contribution < -0.4 is 0 Å². The number of fused-ring (bicyclic) bond motifs is 3. The van der Waals surface area contributed by atoms with E-state index in [1.54, 1.807) is 5.69 Å². The zero-order chi connectivity index (χ0) is 13.8. The van der Waals surface area contributed by atoms with Crippen LogP contribution in [-0.4, -0.2) is 14.5 Å². The van der Waals surface area contributed by atoms with Crippen molar-refractivity contribution in [3.05, 3.63) is 30.2 Å². The Bertz CT molecular complexity index is 800. The molecule has 3 heterocycles. The van der Waals surface area contributed by atoms with Crippen molar-refractivity contribution in [3.8, 4) is 0 Å². The fraction of sp³-hybridized carbons (Fsp3) is 0.500. The van der Waals surface area contributed by atoms with E-state index < -0.39 is 0 Å². The van der Waals surface area contributed by atoms with Gasteiger partial charge in [-0.3, -0.25) is 0 Å². The highest BCUT2D eigenvalue weighted by molar-refractivity contribution is 6.03. The lowest BCUT2D eigenvalue weighted by atomic mass is 9.95. The van der Waals surface area contributed by atoms with E-state index in [2.05, 4.69) is 32.9 Å². The second-order valence-electron chi connectivity index (χ2n) is 6.81. The zero-order valence-electron chi connectivity index (χ0n) is 12.3. The Morgan fingerprint density at radius 2 is 1.95 bits per heavy atom. The number of hydrogen-bond acceptors (Lipinski definition) is 1. The van der Waals surface area contributed by atoms with Gasteiger partial charge in [0.25, 0.3) is 0 Å². The molecule has 2 aliphatic rings. The van der Waals surface area contributed by atoms with Gasteiger partial charge in [-0.2, -0.15) is 0 Å². The van der Waals surface area contributed by atoms with E-state index in [0.29, 0.717) is 6.04 Å². The summed E-state index contributed by atoms with van der Waals surface area (Å²) in [6.07, 6.45) is 13.7. The maximum Gasteiger partial charge on any atom is 0.139 e. The average molecular weight is 279 g/mol. The molecule has 0 aliphatic heterocycles. The molecule has 3 nitrogen and oxygen atoms in total. The third kappa shape index (κ3) is 1.76. The molecular weight excluding hydrogens is 258 g/mol. The van der Waals surface area contributed by atoms with Crippen molar-refractivity contribution in [2.75, 3.05) is 0 Å². The summed E-state index contributed by atoms with van der Waals surface area (Å²) in [5, 5.41) is 2.62. The van der Waals surface area contributed by atoms with Gasteiger partial charge in [0, 0.05) is 34.9 Å². The molecule has 108 valence electrons. The highest BCUT2D eigenvalue weighted by Gasteiger charge is 2.31. The molecule has 0 amide bonds. The van der Waals surface area contributed by atoms with Crippen molar-refractivity contribution in [3.63, 3.8) is 0 Å². The Balaban J connectivity index is 1.81. The molecule has 0 spiro atoms. The third-order valence-electron chi connectivity index (χ3n) is 5.34. The summed E-state index contributed by atoms with van der Waals surface area (Å²) in [5.41, 5.74) is 4.03. The number of aromatic amines is 1. The van der Waals surface area contributed by atoms with Crippen LogP contribution in [0, 0.1) is 0 Å². The van der Waals surface area contributed by atoms with Gasteiger partial charge >= 0.3 is 0 Å². The molecule has 2 aliphatic carbocycles. The molecule has 3 aromatic rings. The van der Waals surface area contributed by atoms with Crippen molar-refractivity contribution >= 4 is 21.9 Å². The summed E-state index contributed by atoms with van der Waals surface area (Å²) in [6, 6.07) is 5.31. The molecule has 2 fully saturated rings. The Kier molecular flexibility index (Phi) is 2.46. The van der Waals surface area contributed by atoms with Gasteiger partial charge in [-0.1, -0.05) is 19.3 Å². The van der Waals surface area contributed by atoms with Crippen LogP contribution in [0.4, 0.5) is 0 Å². The third-order valence-corrected chi connectivity index (χ3v) is 5.34. The van der Waals surface area contributed by atoms with Crippen molar-refractivity contribution in [2.45, 2.75) is 56.9 Å². The molecule has 5 rings (SSSR count). The number of nitrogens with zero attached hydrogens (tertiary/aromatic N) is 2. The molecule has 2 saturated carbocycles. The van der Waals surface area contributed by atoms with Gasteiger partial charge in [0.05, 0.1) is 5.52 Å². The van der Waals surface area contributed by atoms with Crippen LogP contribution in [0.1, 0.15) is 62.6 Å². The molecule has 0 saturated heterocycles. The lowest BCUT2D eigenvalue weighted by Gasteiger charge is -2.26. The predicted molar refractivity (Wildman–Crippen MR) is 85.7 cm³/mol. The number of rotatable bonds is 2. The molecule has 0 unspecified atom stereocenters. The lowest BCUT2D eigenvalue weighted by molar-refractivity contribution is 0.355. The van der Waals surface area contributed by atoms with Crippen LogP contribution in [0.3, 0.4) is 0 Å². The van der Waals surface area contributed by atoms with Gasteiger partial charge in [0.1, 0.15) is 5.65 Å². The first-order valence-electron chi connectivity index (χ1n) is 8.39. The van der Waals surface area contributed by atoms with Gasteiger partial charge in [-0.05, 0) is 43.7 Å². The van der Waals surface area contributed by atoms with E-state index in [1.165, 1.54) is 61.2 Å². The Labute approximate surface area is 124 Å². The Hall–Kier alpha value is -1.77. The number of aromatic nitrogens is 3. The minimum absolute atomic E-state index is 0.701. The molecule has 3 aromatic heterocycles. The zero-order valence-corrected chi connectivity index (χ0v) is 12.3. The molecule has 3 heteroatoms. The van der Waals surface area contributed by atoms with Gasteiger partial charge in [0.15, 0.2) is 0 Å². The van der Waals surface area contributed by atoms with Crippen LogP contribution in [0.25, 0.3) is 21.9 Å². The molecule has 0 bridgehead atoms. The molecular formula is C18H21N3. The first kappa shape index (κ1) is 11.8. The fourth-order valence-corrected chi connectivity index (χ4v) is 4.17. The van der Waals surface area contributed by atoms with E-state index in [4.69, 9.17) is 0 Å². The van der Waals surface area contributed by atoms with Crippen molar-refractivity contribution in [2.24, 2.45) is 0 Å². The van der Waals surface area contributed by atoms with E-state index in [9.17, 15) is 0 Å². The summed E-state index contributed by atoms with van der Waals surface area (Å²) in [7, 11) is 0. The highest BCUT2D eigenvalue weighted by Crippen LogP contribution is 2.46. The monoisotopic (exact) mass is 279 g/mol. The summed E-state index contributed by atoms with van der Waals surface area (Å²) in [6.45, 7) is 0. The Morgan fingerprint density at radius 3 is 2.76 bits per heavy atom. The summed E-state index contributed by atoms with van der Waals surface area (Å²) >= 11 is 0. The maximum absolute atomic E-state index is 4.58. The van der Waals surface area contributed by atoms with E-state index in [0.717, 1.165) is 11.6 Å². The second-order valence-corrected chi connectivity index (χ2v) is 6.81. The average Bonchev–Trinajstić information content (AvgIpc) is 3.12. The summed E-state index contributed by atoms with van der Waals surface area (Å²) in [5.74, 6) is 0.799. The van der Waals surface area contributed by atoms with Crippen LogP contribution >= 0.6 is 0 Å². The minimum atomic E-state index is 0.701. The number of pyridine rings is 1. The first-order valence-corrected chi connectivity index (χ1v) is 8.39. The molecule has 0 atom stereocenters. The van der Waals surface area contributed by atoms with Crippen molar-refractivity contribution in [1.82, 2.24) is 14.5 Å². The minimum Gasteiger partial charge on any atom is -0.346 e. The second kappa shape index (κ2) is 4.36. The van der Waals surface area contributed by atoms with Gasteiger partial charge in [-0.15, -0.1) is 0 Å². The van der Waals surface area contributed by atoms with Gasteiger partial charge in [-0.25, -0.2) is 4.98 Å². The van der Waals surface area contributed by atoms with E-state index in [-0.39, 0.29) is 0 Å². The number of H-pyrrole nitrogens is 1. The van der Waals surface area contributed by atoms with Gasteiger partial charge < -0.3 is 9.55 Å². The first-order chi connectivity index (χ1) is 10.4. The molecule has 0 aromatic carbocycles. The topological polar surface area (TPSA) is 33.6 Å². The SMILES string of the molecule is c1cc2c(ncc3cc(C4CC4)n(C4CCCCC4)c32)[nH]1. The predicted octanol–water partition coefficient (Wildman–Crippen LogP) is 4.90. The molecule has 21 heavy (non-hydrogen) atoms. The van der Waals surface area contributed by atoms with E-state index >= 15 is 0 Å². The summed E-state index contributed by atoms with van der Waals surface area (Å²) in [4.78, 5) is 7.85. The smallest absolute Gasteiger partial charge is 0.139 e. The van der Waals surface area contributed by atoms with Crippen LogP contribution in [0.15, 0.2) is 24.5 Å². The largest absolute Gasteiger partial charge is 0.346 e. The Morgan fingerprint density at radius 1 is 1.10 bits per heavy atom. The molecule has 0 radical (unpaired) electrons. The summed E-state index contributed by atoms with van der Waals surface area (Å²) < 4.78 is 2.70. The normalized spacial score (nSPS) is 20.6. The van der Waals surface area contributed by atoms with Crippen molar-refractivity contribution in [1.29, 1.82) is 0 Å². The van der Waals surface area contributed by atoms with Crippen LogP contribution in [-0.2, 0) is 0 Å². The fourth-order valence-electron chi connectivity index (χ4n) is 4.17. The molecule has 1 N–H and O–H groups in total. The number of nitrogens with one attached hydrogen (secondary N) is 1. The number of hydrogen-bond donors (Lipinski definition) is 1. The lowest BCUT2D eigenvalue weighted by Crippen LogP contribution is -2.14. The van der Waals surface area contributed by atoms with Gasteiger partial charge in [0.2, 0.25) is 0 Å². The standard InChI is InChI=1S/C18H21N3/c1-2-4-14(5-3-1)21-16(12-6-7-12)10-13-11-20-18-15(17(13)21)8-9-19-18/h8-12,14H,1-7H2,(H,19,20).